The van der Waals surface area contributed by atoms with Gasteiger partial charge in [-0.15, -0.1) is 0 Å². The van der Waals surface area contributed by atoms with Gasteiger partial charge in [0.25, 0.3) is 0 Å². The van der Waals surface area contributed by atoms with E-state index in [0.717, 1.165) is 42.7 Å². The first-order chi connectivity index (χ1) is 11.1. The molecule has 4 nitrogen and oxygen atoms in total. The van der Waals surface area contributed by atoms with Crippen LogP contribution in [0.5, 0.6) is 11.5 Å². The van der Waals surface area contributed by atoms with Crippen LogP contribution in [-0.4, -0.2) is 20.1 Å². The summed E-state index contributed by atoms with van der Waals surface area (Å²) in [6, 6.07) is 5.57. The van der Waals surface area contributed by atoms with E-state index in [1.807, 2.05) is 18.2 Å². The van der Waals surface area contributed by atoms with Crippen LogP contribution < -0.4 is 14.8 Å². The fourth-order valence-electron chi connectivity index (χ4n) is 5.57. The smallest absolute Gasteiger partial charge is 0.230 e. The second-order valence-corrected chi connectivity index (χ2v) is 7.72. The van der Waals surface area contributed by atoms with Gasteiger partial charge in [0.2, 0.25) is 5.91 Å². The number of amides is 1. The van der Waals surface area contributed by atoms with Gasteiger partial charge in [-0.05, 0) is 68.4 Å². The molecule has 0 aliphatic heterocycles. The summed E-state index contributed by atoms with van der Waals surface area (Å²) in [5.74, 6) is 3.87. The first-order valence-corrected chi connectivity index (χ1v) is 8.65. The first kappa shape index (κ1) is 14.9. The van der Waals surface area contributed by atoms with Crippen LogP contribution in [0.3, 0.4) is 0 Å². The molecular formula is C19H25NO3. The van der Waals surface area contributed by atoms with E-state index in [2.05, 4.69) is 5.32 Å². The van der Waals surface area contributed by atoms with Gasteiger partial charge >= 0.3 is 0 Å². The van der Waals surface area contributed by atoms with Crippen molar-refractivity contribution in [3.05, 3.63) is 18.2 Å². The SMILES string of the molecule is COc1ccc(NC(=O)C23CC4CC(CC(C4)C2)C3)cc1OC. The molecule has 4 aliphatic rings. The molecule has 0 unspecified atom stereocenters. The maximum atomic E-state index is 13.0. The summed E-state index contributed by atoms with van der Waals surface area (Å²) in [6.45, 7) is 0. The number of hydrogen-bond donors (Lipinski definition) is 1. The van der Waals surface area contributed by atoms with Crippen molar-refractivity contribution in [3.8, 4) is 11.5 Å². The summed E-state index contributed by atoms with van der Waals surface area (Å²) in [5, 5.41) is 3.15. The summed E-state index contributed by atoms with van der Waals surface area (Å²) in [6.07, 6.45) is 7.29. The quantitative estimate of drug-likeness (QED) is 0.918. The summed E-state index contributed by atoms with van der Waals surface area (Å²) >= 11 is 0. The van der Waals surface area contributed by atoms with Crippen molar-refractivity contribution < 1.29 is 14.3 Å². The minimum absolute atomic E-state index is 0.123. The fraction of sp³-hybridized carbons (Fsp3) is 0.632. The van der Waals surface area contributed by atoms with Gasteiger partial charge in [-0.2, -0.15) is 0 Å². The Kier molecular flexibility index (Phi) is 3.51. The Balaban J connectivity index is 1.54. The lowest BCUT2D eigenvalue weighted by Crippen LogP contribution is -2.51. The molecule has 4 aliphatic carbocycles. The first-order valence-electron chi connectivity index (χ1n) is 8.65. The van der Waals surface area contributed by atoms with Crippen LogP contribution in [0.2, 0.25) is 0 Å². The van der Waals surface area contributed by atoms with Gasteiger partial charge < -0.3 is 14.8 Å². The Morgan fingerprint density at radius 3 is 2.09 bits per heavy atom. The molecule has 0 spiro atoms. The average molecular weight is 315 g/mol. The highest BCUT2D eigenvalue weighted by Gasteiger charge is 2.54. The third-order valence-electron chi connectivity index (χ3n) is 6.16. The van der Waals surface area contributed by atoms with Gasteiger partial charge in [0, 0.05) is 11.8 Å². The van der Waals surface area contributed by atoms with Crippen molar-refractivity contribution in [2.45, 2.75) is 38.5 Å². The molecule has 4 heteroatoms. The van der Waals surface area contributed by atoms with Gasteiger partial charge in [-0.3, -0.25) is 4.79 Å². The minimum Gasteiger partial charge on any atom is -0.493 e. The van der Waals surface area contributed by atoms with Crippen molar-refractivity contribution in [1.29, 1.82) is 0 Å². The Morgan fingerprint density at radius 2 is 1.57 bits per heavy atom. The van der Waals surface area contributed by atoms with Gasteiger partial charge in [-0.25, -0.2) is 0 Å². The van der Waals surface area contributed by atoms with E-state index in [-0.39, 0.29) is 11.3 Å². The minimum atomic E-state index is -0.123. The number of benzene rings is 1. The van der Waals surface area contributed by atoms with E-state index in [4.69, 9.17) is 9.47 Å². The van der Waals surface area contributed by atoms with Crippen LogP contribution in [0, 0.1) is 23.2 Å². The molecule has 4 saturated carbocycles. The van der Waals surface area contributed by atoms with Crippen molar-refractivity contribution in [1.82, 2.24) is 0 Å². The molecule has 1 amide bonds. The molecule has 0 saturated heterocycles. The number of ether oxygens (including phenoxy) is 2. The van der Waals surface area contributed by atoms with E-state index in [1.165, 1.54) is 19.3 Å². The molecule has 1 aromatic rings. The van der Waals surface area contributed by atoms with Gasteiger partial charge in [0.1, 0.15) is 0 Å². The molecule has 23 heavy (non-hydrogen) atoms. The Labute approximate surface area is 137 Å². The van der Waals surface area contributed by atoms with Crippen molar-refractivity contribution >= 4 is 11.6 Å². The summed E-state index contributed by atoms with van der Waals surface area (Å²) in [4.78, 5) is 13.0. The number of methoxy groups -OCH3 is 2. The lowest BCUT2D eigenvalue weighted by atomic mass is 9.49. The number of anilines is 1. The molecule has 4 bridgehead atoms. The standard InChI is InChI=1S/C19H25NO3/c1-22-16-4-3-15(8-17(16)23-2)20-18(21)19-9-12-5-13(10-19)7-14(6-12)11-19/h3-4,8,12-14H,5-7,9-11H2,1-2H3,(H,20,21). The highest BCUT2D eigenvalue weighted by molar-refractivity contribution is 5.96. The number of hydrogen-bond acceptors (Lipinski definition) is 3. The van der Waals surface area contributed by atoms with E-state index in [9.17, 15) is 4.79 Å². The zero-order valence-electron chi connectivity index (χ0n) is 13.9. The molecule has 0 atom stereocenters. The normalized spacial score (nSPS) is 34.3. The molecule has 4 fully saturated rings. The monoisotopic (exact) mass is 315 g/mol. The predicted molar refractivity (Wildman–Crippen MR) is 88.8 cm³/mol. The molecule has 124 valence electrons. The lowest BCUT2D eigenvalue weighted by molar-refractivity contribution is -0.140. The predicted octanol–water partition coefficient (Wildman–Crippen LogP) is 3.86. The van der Waals surface area contributed by atoms with Crippen molar-refractivity contribution in [2.24, 2.45) is 23.2 Å². The summed E-state index contributed by atoms with van der Waals surface area (Å²) < 4.78 is 10.6. The van der Waals surface area contributed by atoms with Gasteiger partial charge in [0.15, 0.2) is 11.5 Å². The number of rotatable bonds is 4. The van der Waals surface area contributed by atoms with E-state index < -0.39 is 0 Å². The molecule has 5 rings (SSSR count). The van der Waals surface area contributed by atoms with E-state index in [1.54, 1.807) is 14.2 Å². The number of nitrogens with one attached hydrogen (secondary N) is 1. The maximum absolute atomic E-state index is 13.0. The van der Waals surface area contributed by atoms with Gasteiger partial charge in [0.05, 0.1) is 19.6 Å². The largest absolute Gasteiger partial charge is 0.493 e. The van der Waals surface area contributed by atoms with Crippen LogP contribution in [0.25, 0.3) is 0 Å². The molecular weight excluding hydrogens is 290 g/mol. The highest BCUT2D eigenvalue weighted by Crippen LogP contribution is 2.60. The third kappa shape index (κ3) is 2.48. The van der Waals surface area contributed by atoms with Crippen LogP contribution in [0.1, 0.15) is 38.5 Å². The molecule has 0 aromatic heterocycles. The van der Waals surface area contributed by atoms with E-state index in [0.29, 0.717) is 11.5 Å². The van der Waals surface area contributed by atoms with Crippen LogP contribution in [0.4, 0.5) is 5.69 Å². The second-order valence-electron chi connectivity index (χ2n) is 7.72. The average Bonchev–Trinajstić information content (AvgIpc) is 2.53. The zero-order valence-corrected chi connectivity index (χ0v) is 13.9. The Morgan fingerprint density at radius 1 is 1.00 bits per heavy atom. The molecule has 1 aromatic carbocycles. The summed E-state index contributed by atoms with van der Waals surface area (Å²) in [7, 11) is 3.23. The Bertz CT molecular complexity index is 590. The number of carbonyl (C=O) groups excluding carboxylic acids is 1. The summed E-state index contributed by atoms with van der Waals surface area (Å²) in [5.41, 5.74) is 0.672. The Hall–Kier alpha value is -1.71. The number of carbonyl (C=O) groups is 1. The van der Waals surface area contributed by atoms with Crippen LogP contribution in [-0.2, 0) is 4.79 Å². The lowest BCUT2D eigenvalue weighted by Gasteiger charge is -2.55. The van der Waals surface area contributed by atoms with Gasteiger partial charge in [-0.1, -0.05) is 0 Å². The van der Waals surface area contributed by atoms with Crippen molar-refractivity contribution in [2.75, 3.05) is 19.5 Å². The highest BCUT2D eigenvalue weighted by atomic mass is 16.5. The van der Waals surface area contributed by atoms with Crippen LogP contribution in [0.15, 0.2) is 18.2 Å². The third-order valence-corrected chi connectivity index (χ3v) is 6.16. The molecule has 0 heterocycles. The zero-order chi connectivity index (χ0) is 16.0. The van der Waals surface area contributed by atoms with Crippen molar-refractivity contribution in [3.63, 3.8) is 0 Å². The molecule has 1 N–H and O–H groups in total. The molecule has 0 radical (unpaired) electrons. The second kappa shape index (κ2) is 5.43. The van der Waals surface area contributed by atoms with Crippen LogP contribution >= 0.6 is 0 Å². The van der Waals surface area contributed by atoms with E-state index >= 15 is 0 Å². The fourth-order valence-corrected chi connectivity index (χ4v) is 5.57. The maximum Gasteiger partial charge on any atom is 0.230 e. The topological polar surface area (TPSA) is 47.6 Å².